The predicted octanol–water partition coefficient (Wildman–Crippen LogP) is 6.73. The van der Waals surface area contributed by atoms with E-state index in [9.17, 15) is 44.3 Å². The minimum absolute atomic E-state index is 0.000527. The highest BCUT2D eigenvalue weighted by atomic mass is 32.2. The van der Waals surface area contributed by atoms with Gasteiger partial charge in [0.2, 0.25) is 10.0 Å². The van der Waals surface area contributed by atoms with Crippen LogP contribution in [-0.4, -0.2) is 91.4 Å². The molecule has 1 amide bonds. The van der Waals surface area contributed by atoms with Gasteiger partial charge in [-0.1, -0.05) is 30.0 Å². The van der Waals surface area contributed by atoms with Crippen LogP contribution in [0, 0.1) is 0 Å². The zero-order valence-corrected chi connectivity index (χ0v) is 31.2. The highest BCUT2D eigenvalue weighted by molar-refractivity contribution is 8.26. The summed E-state index contributed by atoms with van der Waals surface area (Å²) in [4.78, 5) is 26.6. The molecule has 296 valence electrons. The van der Waals surface area contributed by atoms with Crippen LogP contribution in [-0.2, 0) is 31.9 Å². The van der Waals surface area contributed by atoms with Gasteiger partial charge in [-0.05, 0) is 84.6 Å². The number of thioether (sulfide) groups is 1. The molecular weight excluding hydrogens is 799 g/mol. The number of alkyl halides is 6. The number of halogens is 6. The quantitative estimate of drug-likeness (QED) is 0.0651. The van der Waals surface area contributed by atoms with Crippen LogP contribution in [0.3, 0.4) is 0 Å². The van der Waals surface area contributed by atoms with Crippen molar-refractivity contribution in [1.29, 1.82) is 0 Å². The molecule has 20 heteroatoms. The molecule has 11 nitrogen and oxygen atoms in total. The summed E-state index contributed by atoms with van der Waals surface area (Å²) >= 11 is 6.29. The number of ether oxygens (including phenoxy) is 2. The SMILES string of the molecule is O=C(O)c1ccc(NS(=O)(=O)CCCCNN2C(=O)C(=Cc3cc(-c4cc(C(F)(F)F)cc(C(F)(F)F)c4)ccc3OCCN3CCOCC3)SC2=S)cc1. The van der Waals surface area contributed by atoms with E-state index in [1.54, 1.807) is 0 Å². The number of benzene rings is 3. The number of aromatic carboxylic acids is 1. The summed E-state index contributed by atoms with van der Waals surface area (Å²) in [6.45, 7) is 3.30. The summed E-state index contributed by atoms with van der Waals surface area (Å²) in [7, 11) is -3.77. The number of thiocarbonyl (C=S) groups is 1. The predicted molar refractivity (Wildman–Crippen MR) is 198 cm³/mol. The number of unbranched alkanes of at least 4 members (excludes halogenated alkanes) is 1. The van der Waals surface area contributed by atoms with Gasteiger partial charge in [0.05, 0.1) is 40.6 Å². The summed E-state index contributed by atoms with van der Waals surface area (Å²) in [5.41, 5.74) is -0.0133. The number of hydrazine groups is 1. The Morgan fingerprint density at radius 3 is 2.22 bits per heavy atom. The van der Waals surface area contributed by atoms with E-state index in [-0.39, 0.29) is 74.3 Å². The average molecular weight is 833 g/mol. The van der Waals surface area contributed by atoms with Gasteiger partial charge in [0, 0.05) is 37.4 Å². The van der Waals surface area contributed by atoms with Crippen molar-refractivity contribution in [2.24, 2.45) is 0 Å². The fraction of sp³-hybridized carbons (Fsp3) is 0.343. The number of carboxylic acids is 1. The van der Waals surface area contributed by atoms with E-state index >= 15 is 0 Å². The maximum absolute atomic E-state index is 13.7. The lowest BCUT2D eigenvalue weighted by Gasteiger charge is -2.26. The lowest BCUT2D eigenvalue weighted by molar-refractivity contribution is -0.143. The summed E-state index contributed by atoms with van der Waals surface area (Å²) in [5.74, 6) is -1.78. The number of carbonyl (C=O) groups is 2. The zero-order chi connectivity index (χ0) is 40.0. The lowest BCUT2D eigenvalue weighted by atomic mass is 9.97. The Bertz CT molecular complexity index is 2010. The van der Waals surface area contributed by atoms with Crippen molar-refractivity contribution in [1.82, 2.24) is 15.3 Å². The standard InChI is InChI=1S/C35H34F6N4O7S3/c36-34(37,38)26-18-24(19-27(21-26)35(39,40)41)23-5-8-29(52-15-12-44-10-13-51-14-11-44)25(17-23)20-30-31(46)45(33(53)54-30)42-9-1-2-16-55(49,50)43-28-6-3-22(4-7-28)32(47)48/h3-8,17-21,42-43H,1-2,9-16H2,(H,47,48). The maximum Gasteiger partial charge on any atom is 0.416 e. The number of hydrogen-bond donors (Lipinski definition) is 3. The Kier molecular flexibility index (Phi) is 13.5. The number of amides is 1. The second-order valence-corrected chi connectivity index (χ2v) is 15.8. The molecule has 55 heavy (non-hydrogen) atoms. The second kappa shape index (κ2) is 17.7. The van der Waals surface area contributed by atoms with Crippen LogP contribution >= 0.6 is 24.0 Å². The van der Waals surface area contributed by atoms with Crippen molar-refractivity contribution in [3.05, 3.63) is 87.8 Å². The van der Waals surface area contributed by atoms with Gasteiger partial charge >= 0.3 is 18.3 Å². The molecule has 0 aromatic heterocycles. The molecule has 3 N–H and O–H groups in total. The Labute approximate surface area is 321 Å². The van der Waals surface area contributed by atoms with E-state index in [1.807, 2.05) is 0 Å². The van der Waals surface area contributed by atoms with E-state index in [2.05, 4.69) is 15.0 Å². The summed E-state index contributed by atoms with van der Waals surface area (Å²) in [5, 5.41) is 10.1. The number of anilines is 1. The molecule has 2 heterocycles. The molecule has 3 aromatic rings. The fourth-order valence-electron chi connectivity index (χ4n) is 5.47. The van der Waals surface area contributed by atoms with Gasteiger partial charge in [-0.2, -0.15) is 26.3 Å². The molecule has 3 aromatic carbocycles. The molecule has 0 spiro atoms. The number of hydrogen-bond acceptors (Lipinski definition) is 10. The second-order valence-electron chi connectivity index (χ2n) is 12.3. The molecule has 2 fully saturated rings. The first-order chi connectivity index (χ1) is 25.9. The first-order valence-corrected chi connectivity index (χ1v) is 19.5. The monoisotopic (exact) mass is 832 g/mol. The minimum atomic E-state index is -5.05. The molecule has 5 rings (SSSR count). The average Bonchev–Trinajstić information content (AvgIpc) is 3.38. The van der Waals surface area contributed by atoms with E-state index in [4.69, 9.17) is 26.8 Å². The van der Waals surface area contributed by atoms with E-state index in [0.29, 0.717) is 51.4 Å². The van der Waals surface area contributed by atoms with Crippen LogP contribution < -0.4 is 14.9 Å². The molecule has 0 saturated carbocycles. The van der Waals surface area contributed by atoms with Crippen LogP contribution in [0.4, 0.5) is 32.0 Å². The third-order valence-corrected chi connectivity index (χ3v) is 11.0. The fourth-order valence-corrected chi connectivity index (χ4v) is 7.86. The van der Waals surface area contributed by atoms with E-state index < -0.39 is 45.4 Å². The van der Waals surface area contributed by atoms with Gasteiger partial charge in [-0.25, -0.2) is 23.6 Å². The van der Waals surface area contributed by atoms with Crippen LogP contribution in [0.5, 0.6) is 5.75 Å². The summed E-state index contributed by atoms with van der Waals surface area (Å²) in [6, 6.07) is 10.6. The van der Waals surface area contributed by atoms with Crippen LogP contribution in [0.15, 0.2) is 65.6 Å². The van der Waals surface area contributed by atoms with Gasteiger partial charge < -0.3 is 14.6 Å². The van der Waals surface area contributed by atoms with E-state index in [0.717, 1.165) is 16.8 Å². The van der Waals surface area contributed by atoms with Crippen molar-refractivity contribution in [2.75, 3.05) is 56.5 Å². The van der Waals surface area contributed by atoms with Crippen LogP contribution in [0.2, 0.25) is 0 Å². The molecule has 2 aliphatic heterocycles. The Hall–Kier alpha value is -4.21. The number of sulfonamides is 1. The summed E-state index contributed by atoms with van der Waals surface area (Å²) < 4.78 is 121. The van der Waals surface area contributed by atoms with Crippen LogP contribution in [0.1, 0.15) is 39.9 Å². The van der Waals surface area contributed by atoms with Gasteiger partial charge in [0.25, 0.3) is 5.91 Å². The van der Waals surface area contributed by atoms with Crippen molar-refractivity contribution >= 4 is 62.0 Å². The maximum atomic E-state index is 13.7. The smallest absolute Gasteiger partial charge is 0.416 e. The highest BCUT2D eigenvalue weighted by Gasteiger charge is 2.37. The summed E-state index contributed by atoms with van der Waals surface area (Å²) in [6.07, 6.45) is -8.22. The number of nitrogens with one attached hydrogen (secondary N) is 2. The van der Waals surface area contributed by atoms with Gasteiger partial charge in [0.15, 0.2) is 4.32 Å². The molecule has 0 atom stereocenters. The molecule has 0 unspecified atom stereocenters. The third-order valence-electron chi connectivity index (χ3n) is 8.29. The molecule has 0 bridgehead atoms. The molecule has 2 aliphatic rings. The largest absolute Gasteiger partial charge is 0.492 e. The zero-order valence-electron chi connectivity index (χ0n) is 28.7. The van der Waals surface area contributed by atoms with Crippen LogP contribution in [0.25, 0.3) is 17.2 Å². The topological polar surface area (TPSA) is 138 Å². The number of carbonyl (C=O) groups excluding carboxylic acids is 1. The van der Waals surface area contributed by atoms with E-state index in [1.165, 1.54) is 48.5 Å². The van der Waals surface area contributed by atoms with Crippen molar-refractivity contribution in [3.63, 3.8) is 0 Å². The highest BCUT2D eigenvalue weighted by Crippen LogP contribution is 2.40. The Morgan fingerprint density at radius 2 is 1.60 bits per heavy atom. The number of morpholine rings is 1. The molecule has 0 aliphatic carbocycles. The van der Waals surface area contributed by atoms with Gasteiger partial charge in [-0.3, -0.25) is 14.4 Å². The normalized spacial score (nSPS) is 16.5. The Morgan fingerprint density at radius 1 is 0.945 bits per heavy atom. The van der Waals surface area contributed by atoms with Crippen molar-refractivity contribution in [2.45, 2.75) is 25.2 Å². The molecule has 0 radical (unpaired) electrons. The lowest BCUT2D eigenvalue weighted by Crippen LogP contribution is -2.41. The molecule has 2 saturated heterocycles. The third kappa shape index (κ3) is 11.7. The number of rotatable bonds is 15. The van der Waals surface area contributed by atoms with Crippen molar-refractivity contribution < 1.29 is 58.9 Å². The Balaban J connectivity index is 1.29. The van der Waals surface area contributed by atoms with Gasteiger partial charge in [-0.15, -0.1) is 0 Å². The first-order valence-electron chi connectivity index (χ1n) is 16.6. The minimum Gasteiger partial charge on any atom is -0.492 e. The first kappa shape index (κ1) is 41.9. The van der Waals surface area contributed by atoms with Crippen molar-refractivity contribution in [3.8, 4) is 16.9 Å². The van der Waals surface area contributed by atoms with Gasteiger partial charge in [0.1, 0.15) is 12.4 Å². The molecular formula is C35H34F6N4O7S3. The number of nitrogens with zero attached hydrogens (tertiary/aromatic N) is 2. The number of carboxylic acid groups (broad SMARTS) is 1.